The van der Waals surface area contributed by atoms with Crippen molar-refractivity contribution in [3.8, 4) is 0 Å². The quantitative estimate of drug-likeness (QED) is 0.797. The summed E-state index contributed by atoms with van der Waals surface area (Å²) in [5, 5.41) is 0. The Hall–Kier alpha value is -0.620. The van der Waals surface area contributed by atoms with Crippen LogP contribution in [0.15, 0.2) is 22.7 Å². The van der Waals surface area contributed by atoms with Gasteiger partial charge in [0.05, 0.1) is 13.2 Å². The van der Waals surface area contributed by atoms with Crippen LogP contribution in [0, 0.1) is 0 Å². The van der Waals surface area contributed by atoms with Crippen LogP contribution >= 0.6 is 15.9 Å². The molecule has 1 aromatic carbocycles. The number of hydrogen-bond donors (Lipinski definition) is 1. The van der Waals surface area contributed by atoms with Crippen LogP contribution in [0.3, 0.4) is 0 Å². The van der Waals surface area contributed by atoms with Crippen molar-refractivity contribution in [3.05, 3.63) is 28.2 Å². The summed E-state index contributed by atoms with van der Waals surface area (Å²) >= 11 is 3.54. The number of rotatable bonds is 8. The van der Waals surface area contributed by atoms with E-state index in [9.17, 15) is 0 Å². The van der Waals surface area contributed by atoms with Crippen molar-refractivity contribution in [2.75, 3.05) is 45.4 Å². The number of hydrogen-bond acceptors (Lipinski definition) is 4. The van der Waals surface area contributed by atoms with Gasteiger partial charge in [-0.15, -0.1) is 0 Å². The highest BCUT2D eigenvalue weighted by Crippen LogP contribution is 2.23. The van der Waals surface area contributed by atoms with Gasteiger partial charge in [-0.3, -0.25) is 0 Å². The lowest BCUT2D eigenvalue weighted by molar-refractivity contribution is 0.190. The van der Waals surface area contributed by atoms with Crippen LogP contribution in [-0.2, 0) is 16.0 Å². The molecule has 0 spiro atoms. The Morgan fingerprint density at radius 2 is 1.78 bits per heavy atom. The van der Waals surface area contributed by atoms with Crippen LogP contribution in [0.25, 0.3) is 0 Å². The summed E-state index contributed by atoms with van der Waals surface area (Å²) in [5.41, 5.74) is 7.91. The fourth-order valence-electron chi connectivity index (χ4n) is 1.67. The zero-order valence-corrected chi connectivity index (χ0v) is 12.6. The van der Waals surface area contributed by atoms with E-state index in [0.717, 1.165) is 28.8 Å². The number of anilines is 1. The highest BCUT2D eigenvalue weighted by molar-refractivity contribution is 9.10. The first-order valence-corrected chi connectivity index (χ1v) is 6.73. The fraction of sp³-hybridized carbons (Fsp3) is 0.538. The molecule has 2 N–H and O–H groups in total. The van der Waals surface area contributed by atoms with E-state index < -0.39 is 0 Å². The maximum atomic E-state index is 5.65. The maximum absolute atomic E-state index is 5.65. The topological polar surface area (TPSA) is 47.7 Å². The molecule has 0 aliphatic carbocycles. The minimum atomic E-state index is 0.539. The first-order chi connectivity index (χ1) is 8.72. The molecule has 1 rings (SSSR count). The van der Waals surface area contributed by atoms with Crippen LogP contribution in [0.5, 0.6) is 0 Å². The molecular weight excluding hydrogens is 296 g/mol. The first-order valence-electron chi connectivity index (χ1n) is 5.94. The standard InChI is InChI=1S/C13H21BrN2O2/c1-17-7-5-16(6-8-18-2)12-4-3-11(10-15)13(14)9-12/h3-4,9H,5-8,10,15H2,1-2H3. The molecule has 18 heavy (non-hydrogen) atoms. The summed E-state index contributed by atoms with van der Waals surface area (Å²) in [7, 11) is 3.42. The van der Waals surface area contributed by atoms with E-state index in [1.165, 1.54) is 0 Å². The van der Waals surface area contributed by atoms with Crippen molar-refractivity contribution in [2.45, 2.75) is 6.54 Å². The molecule has 0 amide bonds. The third-order valence-corrected chi connectivity index (χ3v) is 3.49. The predicted molar refractivity (Wildman–Crippen MR) is 78.0 cm³/mol. The highest BCUT2D eigenvalue weighted by atomic mass is 79.9. The zero-order valence-electron chi connectivity index (χ0n) is 11.0. The lowest BCUT2D eigenvalue weighted by atomic mass is 10.2. The van der Waals surface area contributed by atoms with Gasteiger partial charge in [0.15, 0.2) is 0 Å². The van der Waals surface area contributed by atoms with Gasteiger partial charge in [0, 0.05) is 44.0 Å². The molecule has 0 aliphatic heterocycles. The molecule has 0 radical (unpaired) electrons. The van der Waals surface area contributed by atoms with Crippen LogP contribution in [0.1, 0.15) is 5.56 Å². The van der Waals surface area contributed by atoms with E-state index in [4.69, 9.17) is 15.2 Å². The van der Waals surface area contributed by atoms with Gasteiger partial charge in [-0.05, 0) is 17.7 Å². The molecule has 0 bridgehead atoms. The van der Waals surface area contributed by atoms with Gasteiger partial charge >= 0.3 is 0 Å². The summed E-state index contributed by atoms with van der Waals surface area (Å²) in [5.74, 6) is 0. The summed E-state index contributed by atoms with van der Waals surface area (Å²) in [4.78, 5) is 2.23. The summed E-state index contributed by atoms with van der Waals surface area (Å²) in [6.45, 7) is 3.61. The van der Waals surface area contributed by atoms with Crippen molar-refractivity contribution in [3.63, 3.8) is 0 Å². The average Bonchev–Trinajstić information content (AvgIpc) is 2.39. The number of methoxy groups -OCH3 is 2. The number of nitrogens with zero attached hydrogens (tertiary/aromatic N) is 1. The molecule has 102 valence electrons. The summed E-state index contributed by atoms with van der Waals surface area (Å²) < 4.78 is 11.3. The first kappa shape index (κ1) is 15.4. The van der Waals surface area contributed by atoms with Gasteiger partial charge < -0.3 is 20.1 Å². The lowest BCUT2D eigenvalue weighted by Crippen LogP contribution is -2.30. The van der Waals surface area contributed by atoms with Crippen molar-refractivity contribution >= 4 is 21.6 Å². The Kier molecular flexibility index (Phi) is 7.27. The smallest absolute Gasteiger partial charge is 0.0637 e. The third-order valence-electron chi connectivity index (χ3n) is 2.75. The van der Waals surface area contributed by atoms with E-state index in [2.05, 4.69) is 33.0 Å². The molecule has 4 nitrogen and oxygen atoms in total. The summed E-state index contributed by atoms with van der Waals surface area (Å²) in [6.07, 6.45) is 0. The van der Waals surface area contributed by atoms with E-state index in [0.29, 0.717) is 19.8 Å². The number of nitrogens with two attached hydrogens (primary N) is 1. The average molecular weight is 317 g/mol. The number of benzene rings is 1. The molecule has 0 aliphatic rings. The van der Waals surface area contributed by atoms with Crippen molar-refractivity contribution in [1.29, 1.82) is 0 Å². The Bertz CT molecular complexity index is 353. The Morgan fingerprint density at radius 1 is 1.17 bits per heavy atom. The number of halogens is 1. The monoisotopic (exact) mass is 316 g/mol. The minimum Gasteiger partial charge on any atom is -0.383 e. The summed E-state index contributed by atoms with van der Waals surface area (Å²) in [6, 6.07) is 6.22. The van der Waals surface area contributed by atoms with Crippen LogP contribution < -0.4 is 10.6 Å². The fourth-order valence-corrected chi connectivity index (χ4v) is 2.20. The Morgan fingerprint density at radius 3 is 2.22 bits per heavy atom. The molecule has 0 unspecified atom stereocenters. The van der Waals surface area contributed by atoms with Crippen LogP contribution in [0.4, 0.5) is 5.69 Å². The van der Waals surface area contributed by atoms with Crippen molar-refractivity contribution in [2.24, 2.45) is 5.73 Å². The molecule has 0 fully saturated rings. The predicted octanol–water partition coefficient (Wildman–Crippen LogP) is 2.01. The van der Waals surface area contributed by atoms with Gasteiger partial charge in [-0.1, -0.05) is 22.0 Å². The van der Waals surface area contributed by atoms with Gasteiger partial charge in [0.2, 0.25) is 0 Å². The molecule has 0 atom stereocenters. The van der Waals surface area contributed by atoms with Gasteiger partial charge in [-0.25, -0.2) is 0 Å². The molecule has 0 heterocycles. The zero-order chi connectivity index (χ0) is 13.4. The van der Waals surface area contributed by atoms with Crippen molar-refractivity contribution < 1.29 is 9.47 Å². The van der Waals surface area contributed by atoms with Gasteiger partial charge in [0.1, 0.15) is 0 Å². The second kappa shape index (κ2) is 8.48. The number of ether oxygens (including phenoxy) is 2. The second-order valence-electron chi connectivity index (χ2n) is 3.95. The molecular formula is C13H21BrN2O2. The largest absolute Gasteiger partial charge is 0.383 e. The second-order valence-corrected chi connectivity index (χ2v) is 4.81. The SMILES string of the molecule is COCCN(CCOC)c1ccc(CN)c(Br)c1. The van der Waals surface area contributed by atoms with Crippen LogP contribution in [-0.4, -0.2) is 40.5 Å². The molecule has 1 aromatic rings. The van der Waals surface area contributed by atoms with Gasteiger partial charge in [0.25, 0.3) is 0 Å². The Labute approximate surface area is 117 Å². The molecule has 0 saturated heterocycles. The van der Waals surface area contributed by atoms with E-state index in [1.54, 1.807) is 14.2 Å². The Balaban J connectivity index is 2.79. The lowest BCUT2D eigenvalue weighted by Gasteiger charge is -2.24. The molecule has 0 aromatic heterocycles. The normalized spacial score (nSPS) is 10.7. The molecule has 5 heteroatoms. The van der Waals surface area contributed by atoms with Crippen LogP contribution in [0.2, 0.25) is 0 Å². The van der Waals surface area contributed by atoms with Crippen molar-refractivity contribution in [1.82, 2.24) is 0 Å². The third kappa shape index (κ3) is 4.57. The van der Waals surface area contributed by atoms with Gasteiger partial charge in [-0.2, -0.15) is 0 Å². The highest BCUT2D eigenvalue weighted by Gasteiger charge is 2.08. The van der Waals surface area contributed by atoms with E-state index >= 15 is 0 Å². The van der Waals surface area contributed by atoms with E-state index in [1.807, 2.05) is 6.07 Å². The van der Waals surface area contributed by atoms with E-state index in [-0.39, 0.29) is 0 Å². The minimum absolute atomic E-state index is 0.539. The maximum Gasteiger partial charge on any atom is 0.0637 e. The molecule has 0 saturated carbocycles.